The molecule has 0 bridgehead atoms. The highest BCUT2D eigenvalue weighted by Gasteiger charge is 2.32. The Morgan fingerprint density at radius 3 is 1.56 bits per heavy atom. The summed E-state index contributed by atoms with van der Waals surface area (Å²) in [5.74, 6) is 0. The van der Waals surface area contributed by atoms with Crippen molar-refractivity contribution >= 4 is 15.4 Å². The van der Waals surface area contributed by atoms with Crippen LogP contribution in [0.2, 0.25) is 0 Å². The Bertz CT molecular complexity index is 1270. The first-order valence-corrected chi connectivity index (χ1v) is 11.9. The molecule has 4 rings (SSSR count). The van der Waals surface area contributed by atoms with Crippen LogP contribution in [0.5, 0.6) is 0 Å². The first-order valence-electron chi connectivity index (χ1n) is 10.4. The molecule has 1 atom stereocenters. The van der Waals surface area contributed by atoms with Gasteiger partial charge in [0.1, 0.15) is 6.10 Å². The number of rotatable bonds is 6. The predicted molar refractivity (Wildman–Crippen MR) is 129 cm³/mol. The highest BCUT2D eigenvalue weighted by molar-refractivity contribution is 7.95. The van der Waals surface area contributed by atoms with E-state index in [2.05, 4.69) is 0 Å². The molecule has 0 saturated carbocycles. The minimum Gasteiger partial charge on any atom is -0.383 e. The minimum absolute atomic E-state index is 0.0371. The van der Waals surface area contributed by atoms with Gasteiger partial charge in [-0.25, -0.2) is 8.42 Å². The van der Waals surface area contributed by atoms with Gasteiger partial charge in [-0.3, -0.25) is 0 Å². The average molecular weight is 441 g/mol. The van der Waals surface area contributed by atoms with Crippen LogP contribution in [0.15, 0.2) is 125 Å². The normalized spacial score (nSPS) is 12.2. The zero-order valence-corrected chi connectivity index (χ0v) is 18.5. The van der Waals surface area contributed by atoms with E-state index in [4.69, 9.17) is 0 Å². The molecular formula is C28H24O3S. The van der Waals surface area contributed by atoms with Crippen LogP contribution < -0.4 is 0 Å². The first-order chi connectivity index (χ1) is 15.5. The van der Waals surface area contributed by atoms with Crippen molar-refractivity contribution < 1.29 is 13.5 Å². The molecule has 4 aromatic rings. The third-order valence-corrected chi connectivity index (χ3v) is 7.25. The summed E-state index contributed by atoms with van der Waals surface area (Å²) in [5, 5.41) is 11.5. The van der Waals surface area contributed by atoms with Crippen molar-refractivity contribution in [1.29, 1.82) is 0 Å². The van der Waals surface area contributed by atoms with E-state index < -0.39 is 15.9 Å². The number of benzene rings is 4. The zero-order valence-electron chi connectivity index (χ0n) is 17.7. The third kappa shape index (κ3) is 4.42. The molecule has 160 valence electrons. The Morgan fingerprint density at radius 2 is 1.09 bits per heavy atom. The van der Waals surface area contributed by atoms with Gasteiger partial charge in [-0.2, -0.15) is 0 Å². The van der Waals surface area contributed by atoms with Gasteiger partial charge >= 0.3 is 0 Å². The van der Waals surface area contributed by atoms with E-state index in [1.165, 1.54) is 0 Å². The summed E-state index contributed by atoms with van der Waals surface area (Å²) in [5.41, 5.74) is 3.41. The Labute approximate surface area is 189 Å². The van der Waals surface area contributed by atoms with E-state index in [1.54, 1.807) is 48.5 Å². The largest absolute Gasteiger partial charge is 0.383 e. The van der Waals surface area contributed by atoms with Gasteiger partial charge in [0.2, 0.25) is 9.84 Å². The zero-order chi connectivity index (χ0) is 22.6. The van der Waals surface area contributed by atoms with Crippen LogP contribution in [0.25, 0.3) is 5.57 Å². The van der Waals surface area contributed by atoms with Crippen LogP contribution in [0, 0.1) is 6.92 Å². The Kier molecular flexibility index (Phi) is 6.35. The van der Waals surface area contributed by atoms with Gasteiger partial charge in [-0.05, 0) is 35.7 Å². The van der Waals surface area contributed by atoms with Crippen molar-refractivity contribution in [1.82, 2.24) is 0 Å². The SMILES string of the molecule is Cc1ccc(S(=O)(=O)C(=C(c2ccccc2)c2ccccc2)C(O)c2ccccc2)cc1. The number of hydrogen-bond acceptors (Lipinski definition) is 3. The molecule has 0 fully saturated rings. The smallest absolute Gasteiger partial charge is 0.206 e. The summed E-state index contributed by atoms with van der Waals surface area (Å²) in [6, 6.07) is 34.3. The lowest BCUT2D eigenvalue weighted by Gasteiger charge is -2.22. The second-order valence-corrected chi connectivity index (χ2v) is 9.52. The summed E-state index contributed by atoms with van der Waals surface area (Å²) < 4.78 is 28.1. The second kappa shape index (κ2) is 9.35. The lowest BCUT2D eigenvalue weighted by atomic mass is 9.94. The molecule has 1 unspecified atom stereocenters. The fourth-order valence-electron chi connectivity index (χ4n) is 3.71. The number of aliphatic hydroxyl groups is 1. The van der Waals surface area contributed by atoms with E-state index in [0.717, 1.165) is 16.7 Å². The van der Waals surface area contributed by atoms with Crippen molar-refractivity contribution in [2.75, 3.05) is 0 Å². The first kappa shape index (κ1) is 21.8. The van der Waals surface area contributed by atoms with Gasteiger partial charge in [-0.15, -0.1) is 0 Å². The lowest BCUT2D eigenvalue weighted by molar-refractivity contribution is 0.224. The maximum atomic E-state index is 14.0. The molecule has 4 heteroatoms. The van der Waals surface area contributed by atoms with Crippen molar-refractivity contribution in [2.24, 2.45) is 0 Å². The molecule has 4 aromatic carbocycles. The molecule has 0 amide bonds. The van der Waals surface area contributed by atoms with E-state index in [1.807, 2.05) is 73.7 Å². The van der Waals surface area contributed by atoms with Crippen molar-refractivity contribution in [3.05, 3.63) is 142 Å². The van der Waals surface area contributed by atoms with Crippen LogP contribution in [0.4, 0.5) is 0 Å². The van der Waals surface area contributed by atoms with Gasteiger partial charge < -0.3 is 5.11 Å². The summed E-state index contributed by atoms with van der Waals surface area (Å²) in [6.45, 7) is 1.91. The number of aliphatic hydroxyl groups excluding tert-OH is 1. The molecule has 0 spiro atoms. The van der Waals surface area contributed by atoms with Gasteiger partial charge in [0.15, 0.2) is 0 Å². The van der Waals surface area contributed by atoms with Crippen LogP contribution in [-0.2, 0) is 9.84 Å². The van der Waals surface area contributed by atoms with Crippen LogP contribution in [-0.4, -0.2) is 13.5 Å². The third-order valence-electron chi connectivity index (χ3n) is 5.36. The average Bonchev–Trinajstić information content (AvgIpc) is 2.84. The lowest BCUT2D eigenvalue weighted by Crippen LogP contribution is -2.16. The van der Waals surface area contributed by atoms with Gasteiger partial charge in [0, 0.05) is 5.57 Å². The summed E-state index contributed by atoms with van der Waals surface area (Å²) in [7, 11) is -4.03. The monoisotopic (exact) mass is 440 g/mol. The van der Waals surface area contributed by atoms with Crippen LogP contribution >= 0.6 is 0 Å². The Hall–Kier alpha value is -3.47. The molecule has 1 N–H and O–H groups in total. The number of hydrogen-bond donors (Lipinski definition) is 1. The minimum atomic E-state index is -4.03. The van der Waals surface area contributed by atoms with E-state index in [-0.39, 0.29) is 9.80 Å². The molecular weight excluding hydrogens is 416 g/mol. The molecule has 3 nitrogen and oxygen atoms in total. The van der Waals surface area contributed by atoms with Gasteiger partial charge in [-0.1, -0.05) is 109 Å². The summed E-state index contributed by atoms with van der Waals surface area (Å²) >= 11 is 0. The molecule has 32 heavy (non-hydrogen) atoms. The van der Waals surface area contributed by atoms with E-state index in [9.17, 15) is 13.5 Å². The summed E-state index contributed by atoms with van der Waals surface area (Å²) in [4.78, 5) is 0.113. The maximum Gasteiger partial charge on any atom is 0.206 e. The van der Waals surface area contributed by atoms with Crippen LogP contribution in [0.1, 0.15) is 28.4 Å². The molecule has 0 aliphatic rings. The quantitative estimate of drug-likeness (QED) is 0.402. The van der Waals surface area contributed by atoms with Crippen LogP contribution in [0.3, 0.4) is 0 Å². The van der Waals surface area contributed by atoms with E-state index in [0.29, 0.717) is 11.1 Å². The molecule has 0 radical (unpaired) electrons. The molecule has 0 saturated heterocycles. The fraction of sp³-hybridized carbons (Fsp3) is 0.0714. The highest BCUT2D eigenvalue weighted by Crippen LogP contribution is 2.39. The topological polar surface area (TPSA) is 54.4 Å². The van der Waals surface area contributed by atoms with Crippen molar-refractivity contribution in [3.63, 3.8) is 0 Å². The van der Waals surface area contributed by atoms with Gasteiger partial charge in [0.25, 0.3) is 0 Å². The Balaban J connectivity index is 2.08. The predicted octanol–water partition coefficient (Wildman–Crippen LogP) is 5.96. The van der Waals surface area contributed by atoms with Crippen molar-refractivity contribution in [2.45, 2.75) is 17.9 Å². The number of aryl methyl sites for hydroxylation is 1. The van der Waals surface area contributed by atoms with Gasteiger partial charge in [0.05, 0.1) is 9.80 Å². The Morgan fingerprint density at radius 1 is 0.656 bits per heavy atom. The van der Waals surface area contributed by atoms with E-state index >= 15 is 0 Å². The standard InChI is InChI=1S/C28H24O3S/c1-21-17-19-25(20-18-21)32(30,31)28(27(29)24-15-9-4-10-16-24)26(22-11-5-2-6-12-22)23-13-7-3-8-14-23/h2-20,27,29H,1H3. The molecule has 0 aromatic heterocycles. The highest BCUT2D eigenvalue weighted by atomic mass is 32.2. The maximum absolute atomic E-state index is 14.0. The summed E-state index contributed by atoms with van der Waals surface area (Å²) in [6.07, 6.45) is -1.34. The second-order valence-electron chi connectivity index (χ2n) is 7.60. The molecule has 0 aliphatic heterocycles. The fourth-order valence-corrected chi connectivity index (χ4v) is 5.39. The molecule has 0 aliphatic carbocycles. The van der Waals surface area contributed by atoms with Crippen molar-refractivity contribution in [3.8, 4) is 0 Å². The molecule has 0 heterocycles. The number of sulfone groups is 1.